The smallest absolute Gasteiger partial charge is 0.307 e. The molecule has 184 valence electrons. The Hall–Kier alpha value is -0.650. The molecular weight excluding hydrogens is 402 g/mol. The minimum Gasteiger partial charge on any atom is -0.481 e. The lowest BCUT2D eigenvalue weighted by Crippen LogP contribution is -2.64. The van der Waals surface area contributed by atoms with Crippen LogP contribution in [0.2, 0.25) is 0 Å². The fourth-order valence-electron chi connectivity index (χ4n) is 9.00. The molecule has 0 amide bonds. The minimum atomic E-state index is -0.595. The van der Waals surface area contributed by atoms with Gasteiger partial charge in [0.2, 0.25) is 0 Å². The summed E-state index contributed by atoms with van der Waals surface area (Å²) < 4.78 is 5.94. The quantitative estimate of drug-likeness (QED) is 0.524. The highest BCUT2D eigenvalue weighted by atomic mass is 16.5. The van der Waals surface area contributed by atoms with Crippen LogP contribution in [-0.2, 0) is 9.53 Å². The molecule has 4 aliphatic carbocycles. The summed E-state index contributed by atoms with van der Waals surface area (Å²) >= 11 is 0. The second-order valence-electron chi connectivity index (χ2n) is 12.5. The van der Waals surface area contributed by atoms with Crippen molar-refractivity contribution >= 4 is 5.97 Å². The van der Waals surface area contributed by atoms with Crippen molar-refractivity contribution < 1.29 is 19.7 Å². The van der Waals surface area contributed by atoms with Gasteiger partial charge in [-0.25, -0.2) is 0 Å². The number of rotatable bonds is 7. The summed E-state index contributed by atoms with van der Waals surface area (Å²) in [5, 5.41) is 25.0. The van der Waals surface area contributed by atoms with E-state index in [0.717, 1.165) is 45.1 Å². The molecule has 5 heteroatoms. The zero-order valence-electron chi connectivity index (χ0n) is 21.0. The number of aliphatic hydroxyl groups is 1. The Balaban J connectivity index is 1.65. The normalized spacial score (nSPS) is 48.2. The van der Waals surface area contributed by atoms with E-state index in [2.05, 4.69) is 33.0 Å². The van der Waals surface area contributed by atoms with Crippen LogP contribution >= 0.6 is 0 Å². The number of nitrogens with one attached hydrogen (secondary N) is 1. The number of aliphatic hydroxyl groups excluding tert-OH is 1. The van der Waals surface area contributed by atoms with Crippen LogP contribution in [0.15, 0.2) is 0 Å². The Morgan fingerprint density at radius 3 is 2.53 bits per heavy atom. The lowest BCUT2D eigenvalue weighted by atomic mass is 9.43. The third kappa shape index (κ3) is 4.05. The highest BCUT2D eigenvalue weighted by molar-refractivity contribution is 5.71. The topological polar surface area (TPSA) is 78.8 Å². The number of hydrogen-bond donors (Lipinski definition) is 3. The molecule has 4 fully saturated rings. The predicted molar refractivity (Wildman–Crippen MR) is 126 cm³/mol. The van der Waals surface area contributed by atoms with E-state index in [4.69, 9.17) is 4.74 Å². The van der Waals surface area contributed by atoms with Crippen LogP contribution in [0.5, 0.6) is 0 Å². The van der Waals surface area contributed by atoms with Gasteiger partial charge in [-0.05, 0) is 105 Å². The summed E-state index contributed by atoms with van der Waals surface area (Å²) in [7, 11) is 0. The standard InChI is InChI=1S/C27H47NO4/c1-6-32-23-13-17-7-8-18-19-9-10-20(25(30)31)27(19,5)14-21(28-12-11-16(2)3)24(18)26(17,4)15-22(23)29/h16-24,28-29H,6-15H2,1-5H3,(H,30,31)/t17-,18-,19-,20+,21+,22-,23-,24+,26-,27-/m0/s1. The SMILES string of the molecule is CCO[C@H]1C[C@@H]2CC[C@@H]3[C@H]([C@H](NCCC(C)C)C[C@]4(C)[C@@H](C(=O)O)CC[C@@H]34)[C@@]2(C)C[C@@H]1O. The van der Waals surface area contributed by atoms with E-state index in [1.807, 2.05) is 6.92 Å². The maximum atomic E-state index is 12.2. The predicted octanol–water partition coefficient (Wildman–Crippen LogP) is 4.72. The highest BCUT2D eigenvalue weighted by Gasteiger charge is 2.64. The van der Waals surface area contributed by atoms with Gasteiger partial charge in [0.05, 0.1) is 18.1 Å². The molecule has 0 aromatic heterocycles. The average Bonchev–Trinajstić information content (AvgIpc) is 3.05. The summed E-state index contributed by atoms with van der Waals surface area (Å²) in [5.41, 5.74) is -0.0269. The van der Waals surface area contributed by atoms with Gasteiger partial charge in [0, 0.05) is 12.6 Å². The molecule has 0 radical (unpaired) electrons. The second kappa shape index (κ2) is 9.19. The summed E-state index contributed by atoms with van der Waals surface area (Å²) in [6.45, 7) is 12.9. The first-order chi connectivity index (χ1) is 15.1. The van der Waals surface area contributed by atoms with Crippen LogP contribution in [-0.4, -0.2) is 47.6 Å². The van der Waals surface area contributed by atoms with Gasteiger partial charge in [-0.1, -0.05) is 27.7 Å². The first kappa shape index (κ1) is 24.5. The molecule has 4 saturated carbocycles. The summed E-state index contributed by atoms with van der Waals surface area (Å²) in [6.07, 6.45) is 7.74. The third-order valence-electron chi connectivity index (χ3n) is 10.4. The number of ether oxygens (including phenoxy) is 1. The van der Waals surface area contributed by atoms with Gasteiger partial charge in [0.1, 0.15) is 0 Å². The van der Waals surface area contributed by atoms with E-state index in [0.29, 0.717) is 42.2 Å². The monoisotopic (exact) mass is 449 g/mol. The largest absolute Gasteiger partial charge is 0.481 e. The van der Waals surface area contributed by atoms with Crippen LogP contribution in [0.4, 0.5) is 0 Å². The number of carbonyl (C=O) groups is 1. The molecule has 4 aliphatic rings. The fourth-order valence-corrected chi connectivity index (χ4v) is 9.00. The van der Waals surface area contributed by atoms with Gasteiger partial charge in [-0.2, -0.15) is 0 Å². The molecule has 4 rings (SSSR count). The minimum absolute atomic E-state index is 0.0290. The summed E-state index contributed by atoms with van der Waals surface area (Å²) in [6, 6.07) is 0.337. The lowest BCUT2D eigenvalue weighted by Gasteiger charge is -2.64. The molecule has 10 atom stereocenters. The average molecular weight is 450 g/mol. The zero-order valence-corrected chi connectivity index (χ0v) is 21.0. The molecule has 0 aromatic rings. The Bertz CT molecular complexity index is 683. The summed E-state index contributed by atoms with van der Waals surface area (Å²) in [4.78, 5) is 12.2. The zero-order chi connectivity index (χ0) is 23.3. The molecular formula is C27H47NO4. The fraction of sp³-hybridized carbons (Fsp3) is 0.963. The van der Waals surface area contributed by atoms with Crippen molar-refractivity contribution in [2.75, 3.05) is 13.2 Å². The number of carboxylic acid groups (broad SMARTS) is 1. The van der Waals surface area contributed by atoms with Crippen molar-refractivity contribution in [3.8, 4) is 0 Å². The number of carboxylic acids is 1. The van der Waals surface area contributed by atoms with Crippen LogP contribution < -0.4 is 5.32 Å². The maximum absolute atomic E-state index is 12.2. The van der Waals surface area contributed by atoms with Crippen molar-refractivity contribution in [1.82, 2.24) is 5.32 Å². The van der Waals surface area contributed by atoms with Crippen molar-refractivity contribution in [2.24, 2.45) is 46.3 Å². The molecule has 0 aromatic carbocycles. The maximum Gasteiger partial charge on any atom is 0.307 e. The van der Waals surface area contributed by atoms with Gasteiger partial charge < -0.3 is 20.3 Å². The van der Waals surface area contributed by atoms with Crippen LogP contribution in [0.3, 0.4) is 0 Å². The highest BCUT2D eigenvalue weighted by Crippen LogP contribution is 2.67. The van der Waals surface area contributed by atoms with Gasteiger partial charge in [-0.15, -0.1) is 0 Å². The Kier molecular flexibility index (Phi) is 7.03. The molecule has 0 unspecified atom stereocenters. The van der Waals surface area contributed by atoms with E-state index in [9.17, 15) is 15.0 Å². The van der Waals surface area contributed by atoms with Gasteiger partial charge in [0.25, 0.3) is 0 Å². The van der Waals surface area contributed by atoms with Crippen molar-refractivity contribution in [3.05, 3.63) is 0 Å². The third-order valence-corrected chi connectivity index (χ3v) is 10.4. The van der Waals surface area contributed by atoms with Crippen LogP contribution in [0.1, 0.15) is 86.0 Å². The van der Waals surface area contributed by atoms with Crippen molar-refractivity contribution in [3.63, 3.8) is 0 Å². The molecule has 32 heavy (non-hydrogen) atoms. The molecule has 0 aliphatic heterocycles. The second-order valence-corrected chi connectivity index (χ2v) is 12.5. The van der Waals surface area contributed by atoms with Crippen molar-refractivity contribution in [1.29, 1.82) is 0 Å². The van der Waals surface area contributed by atoms with E-state index < -0.39 is 12.1 Å². The van der Waals surface area contributed by atoms with Crippen LogP contribution in [0.25, 0.3) is 0 Å². The number of fused-ring (bicyclic) bond motifs is 5. The number of hydrogen-bond acceptors (Lipinski definition) is 4. The molecule has 3 N–H and O–H groups in total. The lowest BCUT2D eigenvalue weighted by molar-refractivity contribution is -0.181. The first-order valence-corrected chi connectivity index (χ1v) is 13.4. The van der Waals surface area contributed by atoms with E-state index in [1.165, 1.54) is 12.8 Å². The first-order valence-electron chi connectivity index (χ1n) is 13.4. The molecule has 0 bridgehead atoms. The number of aliphatic carboxylic acids is 1. The van der Waals surface area contributed by atoms with E-state index in [-0.39, 0.29) is 22.9 Å². The van der Waals surface area contributed by atoms with E-state index in [1.54, 1.807) is 0 Å². The molecule has 0 heterocycles. The van der Waals surface area contributed by atoms with E-state index >= 15 is 0 Å². The Labute approximate surface area is 195 Å². The van der Waals surface area contributed by atoms with Crippen LogP contribution in [0, 0.1) is 46.3 Å². The van der Waals surface area contributed by atoms with Gasteiger partial charge in [-0.3, -0.25) is 4.79 Å². The molecule has 0 saturated heterocycles. The van der Waals surface area contributed by atoms with Gasteiger partial charge in [0.15, 0.2) is 0 Å². The summed E-state index contributed by atoms with van der Waals surface area (Å²) in [5.74, 6) is 2.00. The molecule has 0 spiro atoms. The Morgan fingerprint density at radius 2 is 1.88 bits per heavy atom. The molecule has 5 nitrogen and oxygen atoms in total. The Morgan fingerprint density at radius 1 is 1.12 bits per heavy atom. The van der Waals surface area contributed by atoms with Gasteiger partial charge >= 0.3 is 5.97 Å². The van der Waals surface area contributed by atoms with Crippen molar-refractivity contribution in [2.45, 2.75) is 104 Å².